The molecule has 0 saturated carbocycles. The van der Waals surface area contributed by atoms with Crippen LogP contribution in [0.3, 0.4) is 0 Å². The number of benzene rings is 1. The van der Waals surface area contributed by atoms with Crippen molar-refractivity contribution in [2.75, 3.05) is 6.54 Å². The molecule has 0 saturated heterocycles. The summed E-state index contributed by atoms with van der Waals surface area (Å²) in [7, 11) is 0. The summed E-state index contributed by atoms with van der Waals surface area (Å²) in [6.45, 7) is 0.237. The lowest BCUT2D eigenvalue weighted by Gasteiger charge is -2.04. The van der Waals surface area contributed by atoms with E-state index in [4.69, 9.17) is 6.42 Å². The van der Waals surface area contributed by atoms with Gasteiger partial charge in [0.1, 0.15) is 0 Å². The SMILES string of the molecule is C#CCNC(=O)c1ccc(Br)cc1Br. The molecule has 1 amide bonds. The first-order valence-corrected chi connectivity index (χ1v) is 5.40. The number of hydrogen-bond acceptors (Lipinski definition) is 1. The van der Waals surface area contributed by atoms with Gasteiger partial charge < -0.3 is 5.32 Å². The van der Waals surface area contributed by atoms with Crippen LogP contribution in [0.4, 0.5) is 0 Å². The number of amides is 1. The van der Waals surface area contributed by atoms with Gasteiger partial charge in [-0.2, -0.15) is 0 Å². The molecule has 0 radical (unpaired) electrons. The van der Waals surface area contributed by atoms with Gasteiger partial charge in [-0.3, -0.25) is 4.79 Å². The van der Waals surface area contributed by atoms with Crippen molar-refractivity contribution in [1.82, 2.24) is 5.32 Å². The Hall–Kier alpha value is -0.790. The Bertz CT molecular complexity index is 396. The van der Waals surface area contributed by atoms with E-state index >= 15 is 0 Å². The zero-order valence-electron chi connectivity index (χ0n) is 7.18. The highest BCUT2D eigenvalue weighted by molar-refractivity contribution is 9.11. The lowest BCUT2D eigenvalue weighted by Crippen LogP contribution is -2.23. The third-order valence-electron chi connectivity index (χ3n) is 1.53. The summed E-state index contributed by atoms with van der Waals surface area (Å²) >= 11 is 6.60. The molecule has 0 heterocycles. The maximum Gasteiger partial charge on any atom is 0.253 e. The lowest BCUT2D eigenvalue weighted by atomic mass is 10.2. The van der Waals surface area contributed by atoms with E-state index in [1.807, 2.05) is 6.07 Å². The highest BCUT2D eigenvalue weighted by Gasteiger charge is 2.08. The molecule has 1 N–H and O–H groups in total. The summed E-state index contributed by atoms with van der Waals surface area (Å²) < 4.78 is 1.65. The predicted octanol–water partition coefficient (Wildman–Crippen LogP) is 2.57. The number of terminal acetylenes is 1. The Morgan fingerprint density at radius 2 is 2.21 bits per heavy atom. The van der Waals surface area contributed by atoms with Crippen molar-refractivity contribution in [3.63, 3.8) is 0 Å². The largest absolute Gasteiger partial charge is 0.341 e. The Kier molecular flexibility index (Phi) is 4.18. The van der Waals surface area contributed by atoms with Crippen LogP contribution >= 0.6 is 31.9 Å². The molecule has 1 aromatic rings. The van der Waals surface area contributed by atoms with Crippen molar-refractivity contribution >= 4 is 37.8 Å². The molecule has 0 bridgehead atoms. The minimum absolute atomic E-state index is 0.178. The van der Waals surface area contributed by atoms with Gasteiger partial charge in [0.25, 0.3) is 5.91 Å². The minimum atomic E-state index is -0.178. The van der Waals surface area contributed by atoms with Crippen LogP contribution in [0.2, 0.25) is 0 Å². The number of hydrogen-bond donors (Lipinski definition) is 1. The Morgan fingerprint density at radius 1 is 1.50 bits per heavy atom. The van der Waals surface area contributed by atoms with E-state index in [1.165, 1.54) is 0 Å². The second-order valence-electron chi connectivity index (χ2n) is 2.51. The fraction of sp³-hybridized carbons (Fsp3) is 0.100. The van der Waals surface area contributed by atoms with Gasteiger partial charge in [-0.15, -0.1) is 6.42 Å². The van der Waals surface area contributed by atoms with Crippen molar-refractivity contribution in [3.05, 3.63) is 32.7 Å². The molecule has 1 rings (SSSR count). The van der Waals surface area contributed by atoms with Crippen LogP contribution in [0.5, 0.6) is 0 Å². The minimum Gasteiger partial charge on any atom is -0.341 e. The van der Waals surface area contributed by atoms with E-state index in [0.29, 0.717) is 5.56 Å². The molecule has 0 fully saturated rings. The summed E-state index contributed by atoms with van der Waals surface area (Å²) in [4.78, 5) is 11.5. The quantitative estimate of drug-likeness (QED) is 0.835. The number of carbonyl (C=O) groups excluding carboxylic acids is 1. The zero-order chi connectivity index (χ0) is 10.6. The Morgan fingerprint density at radius 3 is 2.79 bits per heavy atom. The molecule has 0 spiro atoms. The van der Waals surface area contributed by atoms with Crippen LogP contribution in [0, 0.1) is 12.3 Å². The summed E-state index contributed by atoms with van der Waals surface area (Å²) in [6, 6.07) is 5.33. The molecule has 0 atom stereocenters. The van der Waals surface area contributed by atoms with Gasteiger partial charge in [0.15, 0.2) is 0 Å². The second-order valence-corrected chi connectivity index (χ2v) is 4.28. The van der Waals surface area contributed by atoms with E-state index in [9.17, 15) is 4.79 Å². The van der Waals surface area contributed by atoms with E-state index < -0.39 is 0 Å². The summed E-state index contributed by atoms with van der Waals surface area (Å²) in [5.41, 5.74) is 0.573. The molecular formula is C10H7Br2NO. The summed E-state index contributed by atoms with van der Waals surface area (Å²) in [6.07, 6.45) is 5.03. The van der Waals surface area contributed by atoms with Crippen LogP contribution < -0.4 is 5.32 Å². The summed E-state index contributed by atoms with van der Waals surface area (Å²) in [5, 5.41) is 2.59. The summed E-state index contributed by atoms with van der Waals surface area (Å²) in [5.74, 6) is 2.16. The van der Waals surface area contributed by atoms with Crippen LogP contribution in [0.25, 0.3) is 0 Å². The average molecular weight is 317 g/mol. The number of halogens is 2. The first kappa shape index (κ1) is 11.3. The highest BCUT2D eigenvalue weighted by atomic mass is 79.9. The van der Waals surface area contributed by atoms with E-state index in [0.717, 1.165) is 8.95 Å². The van der Waals surface area contributed by atoms with Crippen molar-refractivity contribution in [3.8, 4) is 12.3 Å². The number of nitrogens with one attached hydrogen (secondary N) is 1. The van der Waals surface area contributed by atoms with Crippen LogP contribution in [0.1, 0.15) is 10.4 Å². The molecular weight excluding hydrogens is 310 g/mol. The topological polar surface area (TPSA) is 29.1 Å². The molecule has 72 valence electrons. The number of carbonyl (C=O) groups is 1. The first-order chi connectivity index (χ1) is 6.65. The Balaban J connectivity index is 2.86. The average Bonchev–Trinajstić information content (AvgIpc) is 2.14. The maximum absolute atomic E-state index is 11.5. The fourth-order valence-corrected chi connectivity index (χ4v) is 2.13. The van der Waals surface area contributed by atoms with Gasteiger partial charge in [-0.25, -0.2) is 0 Å². The van der Waals surface area contributed by atoms with Crippen LogP contribution in [-0.2, 0) is 0 Å². The van der Waals surface area contributed by atoms with Crippen molar-refractivity contribution in [2.24, 2.45) is 0 Å². The molecule has 0 aliphatic carbocycles. The predicted molar refractivity (Wildman–Crippen MR) is 63.0 cm³/mol. The van der Waals surface area contributed by atoms with Gasteiger partial charge in [0.05, 0.1) is 12.1 Å². The third kappa shape index (κ3) is 2.86. The molecule has 2 nitrogen and oxygen atoms in total. The normalized spacial score (nSPS) is 9.21. The Labute approximate surface area is 99.3 Å². The molecule has 0 aliphatic heterocycles. The van der Waals surface area contributed by atoms with Gasteiger partial charge >= 0.3 is 0 Å². The van der Waals surface area contributed by atoms with Gasteiger partial charge in [-0.05, 0) is 34.1 Å². The molecule has 4 heteroatoms. The molecule has 0 aliphatic rings. The van der Waals surface area contributed by atoms with Crippen molar-refractivity contribution in [1.29, 1.82) is 0 Å². The highest BCUT2D eigenvalue weighted by Crippen LogP contribution is 2.21. The van der Waals surface area contributed by atoms with Crippen molar-refractivity contribution in [2.45, 2.75) is 0 Å². The third-order valence-corrected chi connectivity index (χ3v) is 2.68. The fourth-order valence-electron chi connectivity index (χ4n) is 0.900. The van der Waals surface area contributed by atoms with Gasteiger partial charge in [-0.1, -0.05) is 21.9 Å². The van der Waals surface area contributed by atoms with Crippen LogP contribution in [0.15, 0.2) is 27.1 Å². The zero-order valence-corrected chi connectivity index (χ0v) is 10.4. The molecule has 0 aromatic heterocycles. The molecule has 14 heavy (non-hydrogen) atoms. The maximum atomic E-state index is 11.5. The van der Waals surface area contributed by atoms with Gasteiger partial charge in [0.2, 0.25) is 0 Å². The van der Waals surface area contributed by atoms with Crippen LogP contribution in [-0.4, -0.2) is 12.5 Å². The van der Waals surface area contributed by atoms with E-state index in [-0.39, 0.29) is 12.5 Å². The smallest absolute Gasteiger partial charge is 0.253 e. The van der Waals surface area contributed by atoms with Gasteiger partial charge in [0, 0.05) is 8.95 Å². The van der Waals surface area contributed by atoms with E-state index in [1.54, 1.807) is 12.1 Å². The standard InChI is InChI=1S/C10H7Br2NO/c1-2-5-13-10(14)8-4-3-7(11)6-9(8)12/h1,3-4,6H,5H2,(H,13,14). The van der Waals surface area contributed by atoms with Crippen molar-refractivity contribution < 1.29 is 4.79 Å². The molecule has 1 aromatic carbocycles. The lowest BCUT2D eigenvalue weighted by molar-refractivity contribution is 0.0958. The molecule has 0 unspecified atom stereocenters. The first-order valence-electron chi connectivity index (χ1n) is 3.82. The monoisotopic (exact) mass is 315 g/mol. The van der Waals surface area contributed by atoms with E-state index in [2.05, 4.69) is 43.1 Å². The number of rotatable bonds is 2. The second kappa shape index (κ2) is 5.18.